The molecule has 0 N–H and O–H groups in total. The molecule has 1 atom stereocenters. The van der Waals surface area contributed by atoms with Crippen LogP contribution in [0.5, 0.6) is 0 Å². The summed E-state index contributed by atoms with van der Waals surface area (Å²) in [5, 5.41) is 5.11. The Hall–Kier alpha value is -0.580. The predicted molar refractivity (Wildman–Crippen MR) is 72.8 cm³/mol. The normalized spacial score (nSPS) is 21.8. The maximum absolute atomic E-state index is 6.27. The Morgan fingerprint density at radius 1 is 1.50 bits per heavy atom. The summed E-state index contributed by atoms with van der Waals surface area (Å²) in [5.41, 5.74) is 2.17. The fourth-order valence-electron chi connectivity index (χ4n) is 2.36. The molecule has 0 aliphatic carbocycles. The van der Waals surface area contributed by atoms with E-state index in [1.165, 1.54) is 0 Å². The number of morpholine rings is 1. The summed E-state index contributed by atoms with van der Waals surface area (Å²) >= 11 is 6.27. The first-order chi connectivity index (χ1) is 8.49. The van der Waals surface area contributed by atoms with Crippen molar-refractivity contribution >= 4 is 11.6 Å². The van der Waals surface area contributed by atoms with Crippen LogP contribution in [0.1, 0.15) is 25.1 Å². The molecule has 5 heteroatoms. The fourth-order valence-corrected chi connectivity index (χ4v) is 2.59. The third kappa shape index (κ3) is 2.87. The molecule has 2 rings (SSSR count). The summed E-state index contributed by atoms with van der Waals surface area (Å²) in [6.45, 7) is 10.0. The number of hydrogen-bond donors (Lipinski definition) is 0. The van der Waals surface area contributed by atoms with Gasteiger partial charge < -0.3 is 4.74 Å². The lowest BCUT2D eigenvalue weighted by Gasteiger charge is -2.34. The Bertz CT molecular complexity index is 417. The van der Waals surface area contributed by atoms with Gasteiger partial charge in [0.1, 0.15) is 5.15 Å². The number of nitrogens with zero attached hydrogens (tertiary/aromatic N) is 3. The maximum atomic E-state index is 6.27. The molecule has 1 aliphatic rings. The van der Waals surface area contributed by atoms with Crippen molar-refractivity contribution in [2.45, 2.75) is 33.4 Å². The van der Waals surface area contributed by atoms with Gasteiger partial charge in [-0.05, 0) is 12.8 Å². The van der Waals surface area contributed by atoms with Gasteiger partial charge in [0, 0.05) is 32.2 Å². The zero-order chi connectivity index (χ0) is 13.3. The van der Waals surface area contributed by atoms with Crippen molar-refractivity contribution < 1.29 is 4.74 Å². The molecular formula is C13H22ClN3O. The number of rotatable bonds is 3. The van der Waals surface area contributed by atoms with E-state index in [1.54, 1.807) is 4.68 Å². The van der Waals surface area contributed by atoms with Gasteiger partial charge in [-0.1, -0.05) is 25.4 Å². The highest BCUT2D eigenvalue weighted by atomic mass is 35.5. The van der Waals surface area contributed by atoms with Crippen LogP contribution in [0.25, 0.3) is 0 Å². The highest BCUT2D eigenvalue weighted by Gasteiger charge is 2.24. The zero-order valence-electron chi connectivity index (χ0n) is 11.6. The van der Waals surface area contributed by atoms with E-state index in [4.69, 9.17) is 16.3 Å². The van der Waals surface area contributed by atoms with Crippen LogP contribution in [-0.4, -0.2) is 40.5 Å². The van der Waals surface area contributed by atoms with Gasteiger partial charge in [-0.3, -0.25) is 9.58 Å². The molecule has 4 nitrogen and oxygen atoms in total. The Morgan fingerprint density at radius 2 is 2.22 bits per heavy atom. The Morgan fingerprint density at radius 3 is 2.78 bits per heavy atom. The van der Waals surface area contributed by atoms with E-state index >= 15 is 0 Å². The summed E-state index contributed by atoms with van der Waals surface area (Å²) in [6.07, 6.45) is 0.328. The number of aromatic nitrogens is 2. The lowest BCUT2D eigenvalue weighted by atomic mass is 10.1. The second kappa shape index (κ2) is 5.59. The summed E-state index contributed by atoms with van der Waals surface area (Å²) in [4.78, 5) is 2.41. The standard InChI is InChI=1S/C13H22ClN3O/c1-9(2)12-8-17(5-6-18-12)7-11-10(3)15-16(4)13(11)14/h9,12H,5-8H2,1-4H3/t12-/m0/s1. The van der Waals surface area contributed by atoms with Gasteiger partial charge in [0.15, 0.2) is 0 Å². The summed E-state index contributed by atoms with van der Waals surface area (Å²) in [7, 11) is 1.88. The fraction of sp³-hybridized carbons (Fsp3) is 0.769. The molecule has 0 amide bonds. The van der Waals surface area contributed by atoms with E-state index < -0.39 is 0 Å². The van der Waals surface area contributed by atoms with E-state index in [2.05, 4.69) is 23.8 Å². The molecule has 0 radical (unpaired) electrons. The molecule has 1 saturated heterocycles. The average molecular weight is 272 g/mol. The minimum Gasteiger partial charge on any atom is -0.375 e. The largest absolute Gasteiger partial charge is 0.375 e. The maximum Gasteiger partial charge on any atom is 0.131 e. The molecule has 1 aromatic rings. The molecule has 0 bridgehead atoms. The Labute approximate surface area is 114 Å². The van der Waals surface area contributed by atoms with E-state index in [-0.39, 0.29) is 0 Å². The van der Waals surface area contributed by atoms with Crippen LogP contribution in [0.15, 0.2) is 0 Å². The highest BCUT2D eigenvalue weighted by molar-refractivity contribution is 6.30. The van der Waals surface area contributed by atoms with Crippen molar-refractivity contribution in [3.8, 4) is 0 Å². The smallest absolute Gasteiger partial charge is 0.131 e. The van der Waals surface area contributed by atoms with Gasteiger partial charge in [-0.2, -0.15) is 5.10 Å². The third-order valence-electron chi connectivity index (χ3n) is 3.57. The third-order valence-corrected chi connectivity index (χ3v) is 4.05. The van der Waals surface area contributed by atoms with E-state index in [0.717, 1.165) is 42.7 Å². The molecule has 0 spiro atoms. The second-order valence-corrected chi connectivity index (χ2v) is 5.72. The van der Waals surface area contributed by atoms with Crippen molar-refractivity contribution in [2.75, 3.05) is 19.7 Å². The van der Waals surface area contributed by atoms with Gasteiger partial charge in [0.05, 0.1) is 18.4 Å². The van der Waals surface area contributed by atoms with Gasteiger partial charge >= 0.3 is 0 Å². The van der Waals surface area contributed by atoms with Crippen LogP contribution < -0.4 is 0 Å². The van der Waals surface area contributed by atoms with Gasteiger partial charge in [-0.25, -0.2) is 0 Å². The number of aryl methyl sites for hydroxylation is 2. The predicted octanol–water partition coefficient (Wildman–Crippen LogP) is 2.24. The Kier molecular flexibility index (Phi) is 4.30. The first-order valence-electron chi connectivity index (χ1n) is 6.51. The van der Waals surface area contributed by atoms with E-state index in [0.29, 0.717) is 12.0 Å². The van der Waals surface area contributed by atoms with Gasteiger partial charge in [0.2, 0.25) is 0 Å². The quantitative estimate of drug-likeness (QED) is 0.845. The molecule has 0 saturated carbocycles. The zero-order valence-corrected chi connectivity index (χ0v) is 12.4. The van der Waals surface area contributed by atoms with Crippen molar-refractivity contribution in [3.63, 3.8) is 0 Å². The molecule has 1 fully saturated rings. The minimum absolute atomic E-state index is 0.328. The van der Waals surface area contributed by atoms with Crippen molar-refractivity contribution in [2.24, 2.45) is 13.0 Å². The monoisotopic (exact) mass is 271 g/mol. The van der Waals surface area contributed by atoms with E-state index in [1.807, 2.05) is 14.0 Å². The molecule has 18 heavy (non-hydrogen) atoms. The molecule has 2 heterocycles. The minimum atomic E-state index is 0.328. The van der Waals surface area contributed by atoms with Crippen LogP contribution in [0.3, 0.4) is 0 Å². The molecule has 0 aromatic carbocycles. The molecule has 102 valence electrons. The van der Waals surface area contributed by atoms with Gasteiger partial charge in [0.25, 0.3) is 0 Å². The van der Waals surface area contributed by atoms with Crippen LogP contribution in [0, 0.1) is 12.8 Å². The first kappa shape index (κ1) is 13.8. The average Bonchev–Trinajstić information content (AvgIpc) is 2.56. The Balaban J connectivity index is 2.05. The summed E-state index contributed by atoms with van der Waals surface area (Å²) in [6, 6.07) is 0. The molecule has 1 aliphatic heterocycles. The van der Waals surface area contributed by atoms with Crippen LogP contribution >= 0.6 is 11.6 Å². The van der Waals surface area contributed by atoms with Crippen molar-refractivity contribution in [3.05, 3.63) is 16.4 Å². The molecule has 0 unspecified atom stereocenters. The summed E-state index contributed by atoms with van der Waals surface area (Å²) < 4.78 is 7.52. The number of ether oxygens (including phenoxy) is 1. The molecule has 1 aromatic heterocycles. The van der Waals surface area contributed by atoms with Crippen LogP contribution in [0.2, 0.25) is 5.15 Å². The lowest BCUT2D eigenvalue weighted by molar-refractivity contribution is -0.0529. The topological polar surface area (TPSA) is 30.3 Å². The number of hydrogen-bond acceptors (Lipinski definition) is 3. The number of halogens is 1. The van der Waals surface area contributed by atoms with Crippen LogP contribution in [-0.2, 0) is 18.3 Å². The van der Waals surface area contributed by atoms with Crippen molar-refractivity contribution in [1.82, 2.24) is 14.7 Å². The second-order valence-electron chi connectivity index (χ2n) is 5.37. The van der Waals surface area contributed by atoms with E-state index in [9.17, 15) is 0 Å². The highest BCUT2D eigenvalue weighted by Crippen LogP contribution is 2.22. The van der Waals surface area contributed by atoms with Gasteiger partial charge in [-0.15, -0.1) is 0 Å². The van der Waals surface area contributed by atoms with Crippen LogP contribution in [0.4, 0.5) is 0 Å². The SMILES string of the molecule is Cc1nn(C)c(Cl)c1CN1CCO[C@H](C(C)C)C1. The lowest BCUT2D eigenvalue weighted by Crippen LogP contribution is -2.44. The van der Waals surface area contributed by atoms with Crippen molar-refractivity contribution in [1.29, 1.82) is 0 Å². The molecular weight excluding hydrogens is 250 g/mol. The summed E-state index contributed by atoms with van der Waals surface area (Å²) in [5.74, 6) is 0.554. The first-order valence-corrected chi connectivity index (χ1v) is 6.88.